The predicted molar refractivity (Wildman–Crippen MR) is 113 cm³/mol. The maximum Gasteiger partial charge on any atom is 0.315 e. The quantitative estimate of drug-likeness (QED) is 0.464. The van der Waals surface area contributed by atoms with Crippen LogP contribution in [0.15, 0.2) is 16.6 Å². The van der Waals surface area contributed by atoms with Crippen molar-refractivity contribution in [3.8, 4) is 0 Å². The molecule has 1 amide bonds. The van der Waals surface area contributed by atoms with E-state index in [1.54, 1.807) is 11.0 Å². The number of hydrogen-bond donors (Lipinski definition) is 1. The van der Waals surface area contributed by atoms with Gasteiger partial charge in [-0.1, -0.05) is 41.1 Å². The molecule has 1 aromatic heterocycles. The Morgan fingerprint density at radius 2 is 1.93 bits per heavy atom. The number of benzene rings is 1. The van der Waals surface area contributed by atoms with Crippen LogP contribution in [0.2, 0.25) is 0 Å². The summed E-state index contributed by atoms with van der Waals surface area (Å²) in [5, 5.41) is 21.2. The van der Waals surface area contributed by atoms with Crippen LogP contribution in [0.4, 0.5) is 31.0 Å². The van der Waals surface area contributed by atoms with Gasteiger partial charge in [0.25, 0.3) is 6.43 Å². The summed E-state index contributed by atoms with van der Waals surface area (Å²) in [7, 11) is 0. The Bertz CT molecular complexity index is 950. The highest BCUT2D eigenvalue weighted by Crippen LogP contribution is 2.41. The maximum atomic E-state index is 12.8. The number of nitrogens with one attached hydrogen (secondary N) is 1. The number of nitro groups is 1. The van der Waals surface area contributed by atoms with Crippen molar-refractivity contribution in [2.45, 2.75) is 20.3 Å². The molecule has 3 rings (SSSR count). The van der Waals surface area contributed by atoms with E-state index >= 15 is 0 Å². The lowest BCUT2D eigenvalue weighted by Gasteiger charge is -2.36. The second-order valence-electron chi connectivity index (χ2n) is 6.92. The Labute approximate surface area is 183 Å². The summed E-state index contributed by atoms with van der Waals surface area (Å²) in [5.41, 5.74) is 0.282. The van der Waals surface area contributed by atoms with Crippen molar-refractivity contribution in [2.75, 3.05) is 36.4 Å². The van der Waals surface area contributed by atoms with Crippen LogP contribution in [0.25, 0.3) is 0 Å². The summed E-state index contributed by atoms with van der Waals surface area (Å²) in [5.74, 6) is -0.0653. The Hall–Kier alpha value is -2.41. The second-order valence-corrected chi connectivity index (χ2v) is 8.84. The first kappa shape index (κ1) is 22.3. The van der Waals surface area contributed by atoms with E-state index < -0.39 is 16.4 Å². The molecule has 9 nitrogen and oxygen atoms in total. The minimum atomic E-state index is -2.77. The normalized spacial score (nSPS) is 14.5. The topological polar surface area (TPSA) is 104 Å². The molecule has 162 valence electrons. The van der Waals surface area contributed by atoms with Crippen LogP contribution >= 0.6 is 27.3 Å². The van der Waals surface area contributed by atoms with Crippen molar-refractivity contribution in [1.82, 2.24) is 15.1 Å². The minimum absolute atomic E-state index is 0.0322. The van der Waals surface area contributed by atoms with Crippen molar-refractivity contribution >= 4 is 55.4 Å². The van der Waals surface area contributed by atoms with Gasteiger partial charge in [-0.15, -0.1) is 10.2 Å². The monoisotopic (exact) mass is 504 g/mol. The number of nitrogens with zero attached hydrogens (tertiary/aromatic N) is 5. The number of piperazine rings is 1. The van der Waals surface area contributed by atoms with E-state index in [0.29, 0.717) is 47.7 Å². The van der Waals surface area contributed by atoms with Gasteiger partial charge >= 0.3 is 5.69 Å². The van der Waals surface area contributed by atoms with Crippen molar-refractivity contribution in [2.24, 2.45) is 5.92 Å². The number of hydrogen-bond acceptors (Lipinski definition) is 8. The van der Waals surface area contributed by atoms with Crippen LogP contribution in [0, 0.1) is 16.0 Å². The van der Waals surface area contributed by atoms with Crippen molar-refractivity contribution in [1.29, 1.82) is 0 Å². The molecule has 1 aromatic carbocycles. The molecule has 1 N–H and O–H groups in total. The molecule has 0 aliphatic carbocycles. The van der Waals surface area contributed by atoms with Crippen molar-refractivity contribution in [3.63, 3.8) is 0 Å². The third-order valence-electron chi connectivity index (χ3n) is 4.53. The standard InChI is InChI=1S/C17H19BrF2N6O3S/c1-9(2)16(27)25-5-3-24(4-6-25)12-8-10(18)7-11(13(12)26(28)29)21-17-23-22-15(30-17)14(19)20/h7-9,14H,3-6H2,1-2H3,(H,21,23). The van der Waals surface area contributed by atoms with Gasteiger partial charge in [-0.2, -0.15) is 0 Å². The summed E-state index contributed by atoms with van der Waals surface area (Å²) in [6.07, 6.45) is -2.77. The first-order valence-corrected chi connectivity index (χ1v) is 10.7. The molecule has 0 bridgehead atoms. The zero-order valence-corrected chi connectivity index (χ0v) is 18.5. The van der Waals surface area contributed by atoms with Gasteiger partial charge in [-0.3, -0.25) is 14.9 Å². The molecular weight excluding hydrogens is 486 g/mol. The van der Waals surface area contributed by atoms with Crippen LogP contribution in [-0.2, 0) is 4.79 Å². The molecule has 1 aliphatic heterocycles. The van der Waals surface area contributed by atoms with E-state index in [-0.39, 0.29) is 28.3 Å². The van der Waals surface area contributed by atoms with E-state index in [9.17, 15) is 23.7 Å². The molecule has 0 spiro atoms. The van der Waals surface area contributed by atoms with E-state index in [1.807, 2.05) is 18.7 Å². The summed E-state index contributed by atoms with van der Waals surface area (Å²) in [6, 6.07) is 3.12. The lowest BCUT2D eigenvalue weighted by Crippen LogP contribution is -2.50. The van der Waals surface area contributed by atoms with Crippen LogP contribution in [0.1, 0.15) is 25.3 Å². The third kappa shape index (κ3) is 4.83. The number of alkyl halides is 2. The largest absolute Gasteiger partial charge is 0.362 e. The van der Waals surface area contributed by atoms with Crippen LogP contribution in [-0.4, -0.2) is 52.1 Å². The lowest BCUT2D eigenvalue weighted by atomic mass is 10.1. The lowest BCUT2D eigenvalue weighted by molar-refractivity contribution is -0.383. The Balaban J connectivity index is 1.88. The molecule has 0 atom stereocenters. The first-order chi connectivity index (χ1) is 14.2. The van der Waals surface area contributed by atoms with Gasteiger partial charge in [0.15, 0.2) is 5.01 Å². The Morgan fingerprint density at radius 3 is 2.47 bits per heavy atom. The zero-order chi connectivity index (χ0) is 22.0. The highest BCUT2D eigenvalue weighted by Gasteiger charge is 2.30. The number of rotatable bonds is 6. The number of amides is 1. The molecule has 0 radical (unpaired) electrons. The molecule has 13 heteroatoms. The van der Waals surface area contributed by atoms with Crippen molar-refractivity contribution in [3.05, 3.63) is 31.7 Å². The highest BCUT2D eigenvalue weighted by atomic mass is 79.9. The molecular formula is C17H19BrF2N6O3S. The van der Waals surface area contributed by atoms with E-state index in [1.165, 1.54) is 6.07 Å². The van der Waals surface area contributed by atoms with E-state index in [4.69, 9.17) is 0 Å². The molecule has 2 heterocycles. The van der Waals surface area contributed by atoms with Crippen LogP contribution in [0.5, 0.6) is 0 Å². The number of halogens is 3. The fourth-order valence-corrected chi connectivity index (χ4v) is 4.19. The molecule has 0 saturated carbocycles. The number of nitro benzene ring substituents is 1. The number of carbonyl (C=O) groups excluding carboxylic acids is 1. The fraction of sp³-hybridized carbons (Fsp3) is 0.471. The third-order valence-corrected chi connectivity index (χ3v) is 5.84. The Kier molecular flexibility index (Phi) is 6.81. The van der Waals surface area contributed by atoms with Crippen LogP contribution < -0.4 is 10.2 Å². The number of aromatic nitrogens is 2. The fourth-order valence-electron chi connectivity index (χ4n) is 3.13. The molecule has 1 saturated heterocycles. The van der Waals surface area contributed by atoms with Gasteiger partial charge in [0, 0.05) is 36.6 Å². The van der Waals surface area contributed by atoms with Gasteiger partial charge in [0.05, 0.1) is 4.92 Å². The SMILES string of the molecule is CC(C)C(=O)N1CCN(c2cc(Br)cc(Nc3nnc(C(F)F)s3)c2[N+](=O)[O-])CC1. The Morgan fingerprint density at radius 1 is 1.27 bits per heavy atom. The van der Waals surface area contributed by atoms with Gasteiger partial charge < -0.3 is 15.1 Å². The smallest absolute Gasteiger partial charge is 0.315 e. The summed E-state index contributed by atoms with van der Waals surface area (Å²) < 4.78 is 26.1. The zero-order valence-electron chi connectivity index (χ0n) is 16.1. The summed E-state index contributed by atoms with van der Waals surface area (Å²) >= 11 is 3.98. The van der Waals surface area contributed by atoms with Gasteiger partial charge in [0.2, 0.25) is 11.0 Å². The average Bonchev–Trinajstić information content (AvgIpc) is 3.15. The molecule has 1 aliphatic rings. The van der Waals surface area contributed by atoms with Crippen molar-refractivity contribution < 1.29 is 18.5 Å². The first-order valence-electron chi connectivity index (χ1n) is 9.07. The molecule has 2 aromatic rings. The highest BCUT2D eigenvalue weighted by molar-refractivity contribution is 9.10. The minimum Gasteiger partial charge on any atom is -0.362 e. The second kappa shape index (κ2) is 9.16. The van der Waals surface area contributed by atoms with Crippen LogP contribution in [0.3, 0.4) is 0 Å². The van der Waals surface area contributed by atoms with Gasteiger partial charge in [-0.25, -0.2) is 8.78 Å². The average molecular weight is 505 g/mol. The molecule has 0 unspecified atom stereocenters. The van der Waals surface area contributed by atoms with E-state index in [2.05, 4.69) is 31.4 Å². The van der Waals surface area contributed by atoms with Gasteiger partial charge in [-0.05, 0) is 12.1 Å². The number of carbonyl (C=O) groups is 1. The summed E-state index contributed by atoms with van der Waals surface area (Å²) in [4.78, 5) is 27.1. The maximum absolute atomic E-state index is 12.8. The molecule has 1 fully saturated rings. The number of anilines is 3. The predicted octanol–water partition coefficient (Wildman–Crippen LogP) is 4.19. The molecule has 30 heavy (non-hydrogen) atoms. The van der Waals surface area contributed by atoms with E-state index in [0.717, 1.165) is 0 Å². The van der Waals surface area contributed by atoms with Gasteiger partial charge in [0.1, 0.15) is 11.4 Å². The summed E-state index contributed by atoms with van der Waals surface area (Å²) in [6.45, 7) is 5.44.